The zero-order valence-corrected chi connectivity index (χ0v) is 15.1. The van der Waals surface area contributed by atoms with Crippen LogP contribution in [0, 0.1) is 12.7 Å². The van der Waals surface area contributed by atoms with Crippen LogP contribution in [-0.4, -0.2) is 41.5 Å². The van der Waals surface area contributed by atoms with Crippen molar-refractivity contribution in [3.05, 3.63) is 58.6 Å². The predicted octanol–water partition coefficient (Wildman–Crippen LogP) is 2.74. The van der Waals surface area contributed by atoms with Crippen LogP contribution < -0.4 is 10.2 Å². The molecular weight excluding hydrogens is 359 g/mol. The lowest BCUT2D eigenvalue weighted by Crippen LogP contribution is -2.43. The number of anilines is 1. The predicted molar refractivity (Wildman–Crippen MR) is 96.5 cm³/mol. The summed E-state index contributed by atoms with van der Waals surface area (Å²) < 4.78 is 13.1. The van der Waals surface area contributed by atoms with Crippen molar-refractivity contribution in [2.75, 3.05) is 18.5 Å². The van der Waals surface area contributed by atoms with Crippen molar-refractivity contribution in [2.45, 2.75) is 19.5 Å². The number of hydrogen-bond acceptors (Lipinski definition) is 3. The van der Waals surface area contributed by atoms with Gasteiger partial charge in [-0.2, -0.15) is 0 Å². The third kappa shape index (κ3) is 3.62. The van der Waals surface area contributed by atoms with E-state index in [1.54, 1.807) is 19.3 Å². The lowest BCUT2D eigenvalue weighted by atomic mass is 10.2. The number of amides is 3. The van der Waals surface area contributed by atoms with E-state index in [4.69, 9.17) is 11.6 Å². The molecule has 0 saturated carbocycles. The Morgan fingerprint density at radius 1 is 1.38 bits per heavy atom. The number of aryl methyl sites for hydroxylation is 1. The lowest BCUT2D eigenvalue weighted by Gasteiger charge is -2.17. The van der Waals surface area contributed by atoms with Crippen molar-refractivity contribution in [2.24, 2.45) is 0 Å². The second-order valence-electron chi connectivity index (χ2n) is 6.13. The average molecular weight is 377 g/mol. The monoisotopic (exact) mass is 376 g/mol. The normalized spacial score (nSPS) is 16.9. The Kier molecular flexibility index (Phi) is 5.08. The molecule has 0 aliphatic carbocycles. The number of likely N-dealkylation sites (N-methyl/N-ethyl adjacent to an activating group) is 1. The number of hydrogen-bond donors (Lipinski definition) is 1. The van der Waals surface area contributed by atoms with Gasteiger partial charge in [0.15, 0.2) is 0 Å². The first-order chi connectivity index (χ1) is 12.4. The van der Waals surface area contributed by atoms with E-state index in [2.05, 4.69) is 10.3 Å². The number of nitrogens with one attached hydrogen (secondary N) is 1. The molecule has 1 aromatic heterocycles. The molecule has 3 amide bonds. The summed E-state index contributed by atoms with van der Waals surface area (Å²) in [5.74, 6) is -0.739. The maximum absolute atomic E-state index is 13.1. The summed E-state index contributed by atoms with van der Waals surface area (Å²) in [4.78, 5) is 32.1. The molecule has 2 aromatic rings. The molecule has 26 heavy (non-hydrogen) atoms. The van der Waals surface area contributed by atoms with E-state index in [0.29, 0.717) is 11.3 Å². The van der Waals surface area contributed by atoms with Crippen LogP contribution in [0.5, 0.6) is 0 Å². The van der Waals surface area contributed by atoms with Gasteiger partial charge in [-0.3, -0.25) is 14.7 Å². The van der Waals surface area contributed by atoms with Gasteiger partial charge in [0, 0.05) is 24.3 Å². The van der Waals surface area contributed by atoms with Crippen LogP contribution in [0.4, 0.5) is 14.9 Å². The van der Waals surface area contributed by atoms with Gasteiger partial charge in [-0.1, -0.05) is 17.7 Å². The van der Waals surface area contributed by atoms with Crippen LogP contribution in [-0.2, 0) is 11.3 Å². The summed E-state index contributed by atoms with van der Waals surface area (Å²) in [6, 6.07) is 6.70. The van der Waals surface area contributed by atoms with Crippen LogP contribution in [0.15, 0.2) is 36.5 Å². The summed E-state index contributed by atoms with van der Waals surface area (Å²) in [6.45, 7) is 2.24. The summed E-state index contributed by atoms with van der Waals surface area (Å²) in [5, 5.41) is 3.00. The number of halogens is 2. The van der Waals surface area contributed by atoms with Crippen molar-refractivity contribution in [3.63, 3.8) is 0 Å². The van der Waals surface area contributed by atoms with Gasteiger partial charge in [0.2, 0.25) is 5.91 Å². The van der Waals surface area contributed by atoms with Crippen molar-refractivity contribution < 1.29 is 14.0 Å². The molecule has 1 fully saturated rings. The third-order valence-electron chi connectivity index (χ3n) is 4.33. The quantitative estimate of drug-likeness (QED) is 0.892. The van der Waals surface area contributed by atoms with Gasteiger partial charge in [-0.25, -0.2) is 9.18 Å². The highest BCUT2D eigenvalue weighted by atomic mass is 35.5. The maximum Gasteiger partial charge on any atom is 0.325 e. The first-order valence-corrected chi connectivity index (χ1v) is 8.43. The molecule has 2 heterocycles. The Hall–Kier alpha value is -2.67. The second-order valence-corrected chi connectivity index (χ2v) is 6.54. The van der Waals surface area contributed by atoms with Gasteiger partial charge in [0.25, 0.3) is 0 Å². The van der Waals surface area contributed by atoms with Crippen LogP contribution in [0.1, 0.15) is 11.3 Å². The molecular formula is C18H18ClFN4O2. The largest absolute Gasteiger partial charge is 0.350 e. The zero-order chi connectivity index (χ0) is 18.8. The number of carbonyl (C=O) groups excluding carboxylic acids is 2. The first kappa shape index (κ1) is 18.1. The number of carbonyl (C=O) groups is 2. The van der Waals surface area contributed by atoms with Crippen molar-refractivity contribution in [1.29, 1.82) is 0 Å². The zero-order valence-electron chi connectivity index (χ0n) is 14.4. The molecule has 1 saturated heterocycles. The Morgan fingerprint density at radius 2 is 2.15 bits per heavy atom. The second kappa shape index (κ2) is 7.29. The maximum atomic E-state index is 13.1. The van der Waals surface area contributed by atoms with Gasteiger partial charge >= 0.3 is 6.03 Å². The highest BCUT2D eigenvalue weighted by Crippen LogP contribution is 2.23. The van der Waals surface area contributed by atoms with Crippen LogP contribution in [0.25, 0.3) is 0 Å². The SMILES string of the molecule is Cc1ccc(N2C[C@@H](C(=O)NCc3ccc(F)cc3Cl)N(C)C2=O)cn1. The molecule has 0 radical (unpaired) electrons. The van der Waals surface area contributed by atoms with Crippen LogP contribution in [0.3, 0.4) is 0 Å². The molecule has 1 aromatic carbocycles. The minimum absolute atomic E-state index is 0.155. The van der Waals surface area contributed by atoms with Gasteiger partial charge in [0.05, 0.1) is 18.4 Å². The van der Waals surface area contributed by atoms with E-state index in [9.17, 15) is 14.0 Å². The Bertz CT molecular complexity index is 844. The van der Waals surface area contributed by atoms with Crippen molar-refractivity contribution >= 4 is 29.2 Å². The third-order valence-corrected chi connectivity index (χ3v) is 4.69. The molecule has 1 aliphatic heterocycles. The topological polar surface area (TPSA) is 65.5 Å². The average Bonchev–Trinajstić information content (AvgIpc) is 2.90. The van der Waals surface area contributed by atoms with E-state index in [0.717, 1.165) is 5.69 Å². The fourth-order valence-corrected chi connectivity index (χ4v) is 2.99. The number of aromatic nitrogens is 1. The van der Waals surface area contributed by atoms with Crippen LogP contribution in [0.2, 0.25) is 5.02 Å². The minimum atomic E-state index is -0.636. The van der Waals surface area contributed by atoms with Gasteiger partial charge in [-0.15, -0.1) is 0 Å². The van der Waals surface area contributed by atoms with Crippen molar-refractivity contribution in [3.8, 4) is 0 Å². The van der Waals surface area contributed by atoms with Crippen LogP contribution >= 0.6 is 11.6 Å². The highest BCUT2D eigenvalue weighted by Gasteiger charge is 2.39. The highest BCUT2D eigenvalue weighted by molar-refractivity contribution is 6.31. The van der Waals surface area contributed by atoms with Crippen molar-refractivity contribution in [1.82, 2.24) is 15.2 Å². The molecule has 1 N–H and O–H groups in total. The Labute approximate surface area is 155 Å². The fraction of sp³-hybridized carbons (Fsp3) is 0.278. The van der Waals surface area contributed by atoms with E-state index in [1.165, 1.54) is 28.0 Å². The standard InChI is InChI=1S/C18H18ClFN4O2/c1-11-3-6-14(9-21-11)24-10-16(23(2)18(24)26)17(25)22-8-12-4-5-13(20)7-15(12)19/h3-7,9,16H,8,10H2,1-2H3,(H,22,25)/t16-/m0/s1. The number of benzene rings is 1. The fourth-order valence-electron chi connectivity index (χ4n) is 2.76. The van der Waals surface area contributed by atoms with Gasteiger partial charge in [0.1, 0.15) is 11.9 Å². The molecule has 8 heteroatoms. The summed E-state index contributed by atoms with van der Waals surface area (Å²) in [6.07, 6.45) is 1.61. The number of urea groups is 1. The first-order valence-electron chi connectivity index (χ1n) is 8.05. The van der Waals surface area contributed by atoms with E-state index < -0.39 is 11.9 Å². The molecule has 136 valence electrons. The summed E-state index contributed by atoms with van der Waals surface area (Å²) in [5.41, 5.74) is 2.09. The van der Waals surface area contributed by atoms with Gasteiger partial charge in [-0.05, 0) is 36.8 Å². The molecule has 0 bridgehead atoms. The van der Waals surface area contributed by atoms with Gasteiger partial charge < -0.3 is 10.2 Å². The minimum Gasteiger partial charge on any atom is -0.350 e. The molecule has 0 spiro atoms. The van der Waals surface area contributed by atoms with E-state index in [1.807, 2.05) is 13.0 Å². The summed E-state index contributed by atoms with van der Waals surface area (Å²) >= 11 is 5.97. The Balaban J connectivity index is 1.67. The molecule has 3 rings (SSSR count). The molecule has 1 atom stereocenters. The lowest BCUT2D eigenvalue weighted by molar-refractivity contribution is -0.124. The number of nitrogens with zero attached hydrogens (tertiary/aromatic N) is 3. The molecule has 6 nitrogen and oxygen atoms in total. The molecule has 1 aliphatic rings. The molecule has 0 unspecified atom stereocenters. The van der Waals surface area contributed by atoms with E-state index in [-0.39, 0.29) is 30.1 Å². The smallest absolute Gasteiger partial charge is 0.325 e. The Morgan fingerprint density at radius 3 is 2.81 bits per heavy atom. The number of pyridine rings is 1. The summed E-state index contributed by atoms with van der Waals surface area (Å²) in [7, 11) is 1.58. The van der Waals surface area contributed by atoms with E-state index >= 15 is 0 Å². The number of rotatable bonds is 4.